The Morgan fingerprint density at radius 2 is 2.04 bits per heavy atom. The standard InChI is InChI=1S/C18H10BrF3N2O3/c19-14-5-10(6-15-16(14)27-9-26-15)4-11(8-23)17(25)24-13-3-1-2-12(7-13)18(20,21)22/h1-7H,9H2,(H,24,25)/b11-4+. The van der Waals surface area contributed by atoms with Crippen molar-refractivity contribution in [3.8, 4) is 17.6 Å². The van der Waals surface area contributed by atoms with Gasteiger partial charge in [-0.2, -0.15) is 18.4 Å². The van der Waals surface area contributed by atoms with Gasteiger partial charge in [-0.15, -0.1) is 0 Å². The Labute approximate surface area is 160 Å². The van der Waals surface area contributed by atoms with Gasteiger partial charge in [0.2, 0.25) is 6.79 Å². The summed E-state index contributed by atoms with van der Waals surface area (Å²) >= 11 is 3.30. The smallest absolute Gasteiger partial charge is 0.416 e. The predicted molar refractivity (Wildman–Crippen MR) is 93.9 cm³/mol. The topological polar surface area (TPSA) is 71.3 Å². The predicted octanol–water partition coefficient (Wildman–Crippen LogP) is 4.74. The van der Waals surface area contributed by atoms with Crippen LogP contribution in [0.2, 0.25) is 0 Å². The van der Waals surface area contributed by atoms with Crippen LogP contribution >= 0.6 is 15.9 Å². The number of alkyl halides is 3. The molecule has 9 heteroatoms. The molecule has 138 valence electrons. The van der Waals surface area contributed by atoms with Crippen molar-refractivity contribution in [1.82, 2.24) is 0 Å². The van der Waals surface area contributed by atoms with Crippen LogP contribution in [-0.2, 0) is 11.0 Å². The van der Waals surface area contributed by atoms with Crippen molar-refractivity contribution in [2.45, 2.75) is 6.18 Å². The summed E-state index contributed by atoms with van der Waals surface area (Å²) in [5.74, 6) is 0.135. The van der Waals surface area contributed by atoms with Crippen LogP contribution in [0.5, 0.6) is 11.5 Å². The largest absolute Gasteiger partial charge is 0.454 e. The van der Waals surface area contributed by atoms with E-state index in [0.717, 1.165) is 12.1 Å². The summed E-state index contributed by atoms with van der Waals surface area (Å²) in [7, 11) is 0. The summed E-state index contributed by atoms with van der Waals surface area (Å²) in [5, 5.41) is 11.6. The number of nitriles is 1. The fourth-order valence-corrected chi connectivity index (χ4v) is 2.93. The van der Waals surface area contributed by atoms with Gasteiger partial charge in [-0.25, -0.2) is 0 Å². The Bertz CT molecular complexity index is 981. The van der Waals surface area contributed by atoms with Crippen LogP contribution in [0.25, 0.3) is 6.08 Å². The number of fused-ring (bicyclic) bond motifs is 1. The second-order valence-electron chi connectivity index (χ2n) is 5.44. The zero-order chi connectivity index (χ0) is 19.6. The highest BCUT2D eigenvalue weighted by Crippen LogP contribution is 2.40. The molecule has 0 bridgehead atoms. The summed E-state index contributed by atoms with van der Waals surface area (Å²) in [6, 6.07) is 9.11. The molecule has 0 aromatic heterocycles. The second kappa shape index (κ2) is 7.32. The van der Waals surface area contributed by atoms with Crippen LogP contribution in [0.3, 0.4) is 0 Å². The lowest BCUT2D eigenvalue weighted by Crippen LogP contribution is -2.14. The van der Waals surface area contributed by atoms with Gasteiger partial charge >= 0.3 is 6.18 Å². The number of nitrogens with zero attached hydrogens (tertiary/aromatic N) is 1. The van der Waals surface area contributed by atoms with Crippen LogP contribution < -0.4 is 14.8 Å². The van der Waals surface area contributed by atoms with Gasteiger partial charge in [-0.05, 0) is 57.9 Å². The summed E-state index contributed by atoms with van der Waals surface area (Å²) < 4.78 is 49.4. The van der Waals surface area contributed by atoms with Gasteiger partial charge in [0.05, 0.1) is 10.0 Å². The molecule has 5 nitrogen and oxygen atoms in total. The van der Waals surface area contributed by atoms with Crippen molar-refractivity contribution in [1.29, 1.82) is 5.26 Å². The third kappa shape index (κ3) is 4.23. The molecule has 2 aromatic rings. The van der Waals surface area contributed by atoms with E-state index < -0.39 is 17.6 Å². The van der Waals surface area contributed by atoms with E-state index >= 15 is 0 Å². The molecular formula is C18H10BrF3N2O3. The van der Waals surface area contributed by atoms with Gasteiger partial charge in [-0.1, -0.05) is 6.07 Å². The fraction of sp³-hybridized carbons (Fsp3) is 0.111. The highest BCUT2D eigenvalue weighted by Gasteiger charge is 2.30. The summed E-state index contributed by atoms with van der Waals surface area (Å²) in [6.45, 7) is 0.0578. The van der Waals surface area contributed by atoms with Crippen LogP contribution in [0, 0.1) is 11.3 Å². The highest BCUT2D eigenvalue weighted by atomic mass is 79.9. The minimum atomic E-state index is -4.53. The van der Waals surface area contributed by atoms with E-state index in [1.807, 2.05) is 0 Å². The number of hydrogen-bond donors (Lipinski definition) is 1. The van der Waals surface area contributed by atoms with Gasteiger partial charge < -0.3 is 14.8 Å². The third-order valence-electron chi connectivity index (χ3n) is 3.57. The molecule has 3 rings (SSSR count). The first-order valence-corrected chi connectivity index (χ1v) is 8.27. The summed E-state index contributed by atoms with van der Waals surface area (Å²) in [4.78, 5) is 12.3. The number of ether oxygens (including phenoxy) is 2. The third-order valence-corrected chi connectivity index (χ3v) is 4.16. The molecule has 0 radical (unpaired) electrons. The molecule has 1 N–H and O–H groups in total. The van der Waals surface area contributed by atoms with Crippen LogP contribution in [0.15, 0.2) is 46.4 Å². The van der Waals surface area contributed by atoms with E-state index in [2.05, 4.69) is 21.2 Å². The summed E-state index contributed by atoms with van der Waals surface area (Å²) in [6.07, 6.45) is -3.23. The Morgan fingerprint density at radius 3 is 2.74 bits per heavy atom. The molecule has 1 aliphatic heterocycles. The SMILES string of the molecule is N#C/C(=C\c1cc(Br)c2c(c1)OCO2)C(=O)Nc1cccc(C(F)(F)F)c1. The monoisotopic (exact) mass is 438 g/mol. The molecule has 27 heavy (non-hydrogen) atoms. The van der Waals surface area contributed by atoms with Gasteiger partial charge in [0.15, 0.2) is 11.5 Å². The quantitative estimate of drug-likeness (QED) is 0.554. The number of nitrogens with one attached hydrogen (secondary N) is 1. The van der Waals surface area contributed by atoms with Crippen molar-refractivity contribution in [2.24, 2.45) is 0 Å². The van der Waals surface area contributed by atoms with E-state index in [9.17, 15) is 23.2 Å². The van der Waals surface area contributed by atoms with Gasteiger partial charge in [0.1, 0.15) is 11.6 Å². The Hall–Kier alpha value is -2.99. The number of halogens is 4. The molecule has 0 spiro atoms. The highest BCUT2D eigenvalue weighted by molar-refractivity contribution is 9.10. The van der Waals surface area contributed by atoms with Gasteiger partial charge in [0, 0.05) is 5.69 Å². The molecule has 0 fully saturated rings. The minimum Gasteiger partial charge on any atom is -0.454 e. The molecule has 0 saturated carbocycles. The Kier molecular flexibility index (Phi) is 5.10. The van der Waals surface area contributed by atoms with Crippen molar-refractivity contribution >= 4 is 33.6 Å². The lowest BCUT2D eigenvalue weighted by Gasteiger charge is -2.09. The number of amides is 1. The summed E-state index contributed by atoms with van der Waals surface area (Å²) in [5.41, 5.74) is -0.759. The molecule has 0 unspecified atom stereocenters. The number of anilines is 1. The van der Waals surface area contributed by atoms with Crippen molar-refractivity contribution in [3.05, 3.63) is 57.6 Å². The molecule has 2 aromatic carbocycles. The first-order chi connectivity index (χ1) is 12.8. The molecule has 0 saturated heterocycles. The van der Waals surface area contributed by atoms with E-state index in [1.165, 1.54) is 18.2 Å². The van der Waals surface area contributed by atoms with Crippen molar-refractivity contribution in [2.75, 3.05) is 12.1 Å². The number of benzene rings is 2. The maximum atomic E-state index is 12.8. The number of hydrogen-bond acceptors (Lipinski definition) is 4. The lowest BCUT2D eigenvalue weighted by atomic mass is 10.1. The average Bonchev–Trinajstić information content (AvgIpc) is 3.08. The molecular weight excluding hydrogens is 429 g/mol. The van der Waals surface area contributed by atoms with E-state index in [0.29, 0.717) is 21.5 Å². The normalized spacial score (nSPS) is 13.2. The first kappa shape index (κ1) is 18.8. The van der Waals surface area contributed by atoms with Gasteiger partial charge in [-0.3, -0.25) is 4.79 Å². The number of carbonyl (C=O) groups excluding carboxylic acids is 1. The second-order valence-corrected chi connectivity index (χ2v) is 6.29. The number of carbonyl (C=O) groups is 1. The minimum absolute atomic E-state index is 0.0578. The zero-order valence-corrected chi connectivity index (χ0v) is 15.0. The molecule has 0 atom stereocenters. The molecule has 0 aliphatic carbocycles. The van der Waals surface area contributed by atoms with Gasteiger partial charge in [0.25, 0.3) is 5.91 Å². The Balaban J connectivity index is 1.84. The Morgan fingerprint density at radius 1 is 1.26 bits per heavy atom. The van der Waals surface area contributed by atoms with Crippen LogP contribution in [0.4, 0.5) is 18.9 Å². The maximum Gasteiger partial charge on any atom is 0.416 e. The van der Waals surface area contributed by atoms with Crippen LogP contribution in [-0.4, -0.2) is 12.7 Å². The van der Waals surface area contributed by atoms with Crippen molar-refractivity contribution < 1.29 is 27.4 Å². The average molecular weight is 439 g/mol. The molecule has 1 heterocycles. The number of rotatable bonds is 3. The zero-order valence-electron chi connectivity index (χ0n) is 13.4. The maximum absolute atomic E-state index is 12.8. The van der Waals surface area contributed by atoms with E-state index in [-0.39, 0.29) is 18.1 Å². The first-order valence-electron chi connectivity index (χ1n) is 7.47. The van der Waals surface area contributed by atoms with Crippen molar-refractivity contribution in [3.63, 3.8) is 0 Å². The van der Waals surface area contributed by atoms with E-state index in [4.69, 9.17) is 9.47 Å². The van der Waals surface area contributed by atoms with Crippen LogP contribution in [0.1, 0.15) is 11.1 Å². The van der Waals surface area contributed by atoms with E-state index in [1.54, 1.807) is 18.2 Å². The molecule has 1 amide bonds. The molecule has 1 aliphatic rings. The lowest BCUT2D eigenvalue weighted by molar-refractivity contribution is -0.137. The fourth-order valence-electron chi connectivity index (χ4n) is 2.36.